The summed E-state index contributed by atoms with van der Waals surface area (Å²) in [5, 5.41) is 5.32. The molecule has 0 fully saturated rings. The van der Waals surface area contributed by atoms with Crippen molar-refractivity contribution >= 4 is 43.2 Å². The molecule has 0 aliphatic rings. The summed E-state index contributed by atoms with van der Waals surface area (Å²) in [6.45, 7) is 0. The standard InChI is InChI=1S/C13H12Br2FNS/c1-17-12(9-6-13(15)18-7-9)5-8-4-10(14)2-3-11(8)16/h2-4,6-7,12,17H,5H2,1H3. The van der Waals surface area contributed by atoms with Gasteiger partial charge in [0.05, 0.1) is 3.79 Å². The summed E-state index contributed by atoms with van der Waals surface area (Å²) in [7, 11) is 1.89. The maximum absolute atomic E-state index is 13.7. The SMILES string of the molecule is CNC(Cc1cc(Br)ccc1F)c1csc(Br)c1. The largest absolute Gasteiger partial charge is 0.313 e. The van der Waals surface area contributed by atoms with Crippen LogP contribution < -0.4 is 5.32 Å². The van der Waals surface area contributed by atoms with E-state index in [9.17, 15) is 4.39 Å². The minimum Gasteiger partial charge on any atom is -0.313 e. The molecule has 1 heterocycles. The van der Waals surface area contributed by atoms with Gasteiger partial charge in [-0.1, -0.05) is 15.9 Å². The summed E-state index contributed by atoms with van der Waals surface area (Å²) in [5.74, 6) is -0.159. The first-order chi connectivity index (χ1) is 8.60. The van der Waals surface area contributed by atoms with Gasteiger partial charge in [0, 0.05) is 10.5 Å². The molecule has 18 heavy (non-hydrogen) atoms. The number of hydrogen-bond donors (Lipinski definition) is 1. The molecule has 0 aliphatic carbocycles. The Morgan fingerprint density at radius 2 is 2.11 bits per heavy atom. The summed E-state index contributed by atoms with van der Waals surface area (Å²) < 4.78 is 15.7. The highest BCUT2D eigenvalue weighted by molar-refractivity contribution is 9.11. The fraction of sp³-hybridized carbons (Fsp3) is 0.231. The third kappa shape index (κ3) is 3.41. The Bertz CT molecular complexity index is 542. The highest BCUT2D eigenvalue weighted by atomic mass is 79.9. The molecule has 0 saturated carbocycles. The normalized spacial score (nSPS) is 12.7. The van der Waals surface area contributed by atoms with Gasteiger partial charge in [0.15, 0.2) is 0 Å². The average molecular weight is 393 g/mol. The number of likely N-dealkylation sites (N-methyl/N-ethyl adjacent to an activating group) is 1. The lowest BCUT2D eigenvalue weighted by atomic mass is 10.0. The predicted octanol–water partition coefficient (Wildman–Crippen LogP) is 4.92. The van der Waals surface area contributed by atoms with Gasteiger partial charge in [-0.05, 0) is 70.2 Å². The van der Waals surface area contributed by atoms with Crippen LogP contribution in [0.4, 0.5) is 4.39 Å². The van der Waals surface area contributed by atoms with Crippen LogP contribution in [0.2, 0.25) is 0 Å². The topological polar surface area (TPSA) is 12.0 Å². The van der Waals surface area contributed by atoms with Gasteiger partial charge in [0.2, 0.25) is 0 Å². The van der Waals surface area contributed by atoms with E-state index in [-0.39, 0.29) is 11.9 Å². The van der Waals surface area contributed by atoms with Crippen LogP contribution >= 0.6 is 43.2 Å². The van der Waals surface area contributed by atoms with Crippen LogP contribution in [0.15, 0.2) is 37.9 Å². The van der Waals surface area contributed by atoms with Gasteiger partial charge >= 0.3 is 0 Å². The second kappa shape index (κ2) is 6.28. The Kier molecular flexibility index (Phi) is 4.95. The first-order valence-electron chi connectivity index (χ1n) is 5.45. The molecule has 1 aromatic heterocycles. The van der Waals surface area contributed by atoms with E-state index in [4.69, 9.17) is 0 Å². The van der Waals surface area contributed by atoms with Crippen molar-refractivity contribution in [3.05, 3.63) is 54.8 Å². The molecule has 5 heteroatoms. The van der Waals surface area contributed by atoms with Crippen molar-refractivity contribution in [3.63, 3.8) is 0 Å². The van der Waals surface area contributed by atoms with Gasteiger partial charge in [-0.2, -0.15) is 0 Å². The Morgan fingerprint density at radius 1 is 1.33 bits per heavy atom. The van der Waals surface area contributed by atoms with E-state index < -0.39 is 0 Å². The second-order valence-electron chi connectivity index (χ2n) is 3.97. The van der Waals surface area contributed by atoms with Crippen LogP contribution in [0, 0.1) is 5.82 Å². The number of thiophene rings is 1. The predicted molar refractivity (Wildman–Crippen MR) is 81.6 cm³/mol. The van der Waals surface area contributed by atoms with Crippen molar-refractivity contribution in [2.45, 2.75) is 12.5 Å². The zero-order chi connectivity index (χ0) is 13.1. The van der Waals surface area contributed by atoms with E-state index in [2.05, 4.69) is 48.6 Å². The molecule has 0 bridgehead atoms. The van der Waals surface area contributed by atoms with Gasteiger partial charge in [-0.3, -0.25) is 0 Å². The van der Waals surface area contributed by atoms with Crippen molar-refractivity contribution in [1.29, 1.82) is 0 Å². The lowest BCUT2D eigenvalue weighted by molar-refractivity contribution is 0.555. The molecule has 1 aromatic carbocycles. The van der Waals surface area contributed by atoms with Crippen LogP contribution in [0.1, 0.15) is 17.2 Å². The molecule has 0 amide bonds. The molecule has 0 saturated heterocycles. The highest BCUT2D eigenvalue weighted by Crippen LogP contribution is 2.28. The number of halogens is 3. The van der Waals surface area contributed by atoms with Crippen LogP contribution in [-0.4, -0.2) is 7.05 Å². The van der Waals surface area contributed by atoms with Gasteiger partial charge in [0.1, 0.15) is 5.82 Å². The Balaban J connectivity index is 2.22. The van der Waals surface area contributed by atoms with Crippen LogP contribution in [-0.2, 0) is 6.42 Å². The van der Waals surface area contributed by atoms with Crippen molar-refractivity contribution in [1.82, 2.24) is 5.32 Å². The van der Waals surface area contributed by atoms with Crippen molar-refractivity contribution in [2.24, 2.45) is 0 Å². The first kappa shape index (κ1) is 14.2. The molecule has 2 rings (SSSR count). The Labute approximate surface area is 127 Å². The van der Waals surface area contributed by atoms with Crippen molar-refractivity contribution in [2.75, 3.05) is 7.05 Å². The molecule has 0 aliphatic heterocycles. The monoisotopic (exact) mass is 391 g/mol. The van der Waals surface area contributed by atoms with E-state index in [1.807, 2.05) is 13.1 Å². The fourth-order valence-electron chi connectivity index (χ4n) is 1.81. The van der Waals surface area contributed by atoms with Gasteiger partial charge in [-0.25, -0.2) is 4.39 Å². The molecule has 1 atom stereocenters. The number of hydrogen-bond acceptors (Lipinski definition) is 2. The van der Waals surface area contributed by atoms with Crippen molar-refractivity contribution in [3.8, 4) is 0 Å². The molecule has 0 spiro atoms. The van der Waals surface area contributed by atoms with Crippen LogP contribution in [0.5, 0.6) is 0 Å². The van der Waals surface area contributed by atoms with E-state index in [1.54, 1.807) is 17.4 Å². The van der Waals surface area contributed by atoms with E-state index in [0.717, 1.165) is 8.26 Å². The zero-order valence-corrected chi connectivity index (χ0v) is 13.7. The van der Waals surface area contributed by atoms with E-state index in [0.29, 0.717) is 12.0 Å². The van der Waals surface area contributed by atoms with Gasteiger partial charge < -0.3 is 5.32 Å². The summed E-state index contributed by atoms with van der Waals surface area (Å²) in [6, 6.07) is 7.24. The molecule has 1 unspecified atom stereocenters. The highest BCUT2D eigenvalue weighted by Gasteiger charge is 2.14. The molecule has 1 N–H and O–H groups in total. The van der Waals surface area contributed by atoms with E-state index >= 15 is 0 Å². The zero-order valence-electron chi connectivity index (χ0n) is 9.71. The maximum Gasteiger partial charge on any atom is 0.126 e. The second-order valence-corrected chi connectivity index (χ2v) is 7.17. The number of benzene rings is 1. The molecule has 0 radical (unpaired) electrons. The summed E-state index contributed by atoms with van der Waals surface area (Å²) in [4.78, 5) is 0. The first-order valence-corrected chi connectivity index (χ1v) is 7.92. The van der Waals surface area contributed by atoms with Crippen molar-refractivity contribution < 1.29 is 4.39 Å². The average Bonchev–Trinajstić information content (AvgIpc) is 2.77. The smallest absolute Gasteiger partial charge is 0.126 e. The van der Waals surface area contributed by atoms with Gasteiger partial charge in [-0.15, -0.1) is 11.3 Å². The summed E-state index contributed by atoms with van der Waals surface area (Å²) in [5.41, 5.74) is 1.89. The fourth-order valence-corrected chi connectivity index (χ4v) is 3.45. The Morgan fingerprint density at radius 3 is 2.72 bits per heavy atom. The lowest BCUT2D eigenvalue weighted by Gasteiger charge is -2.15. The van der Waals surface area contributed by atoms with Crippen LogP contribution in [0.25, 0.3) is 0 Å². The summed E-state index contributed by atoms with van der Waals surface area (Å²) in [6.07, 6.45) is 0.630. The summed E-state index contributed by atoms with van der Waals surface area (Å²) >= 11 is 8.47. The van der Waals surface area contributed by atoms with E-state index in [1.165, 1.54) is 11.6 Å². The molecule has 96 valence electrons. The third-order valence-corrected chi connectivity index (χ3v) is 4.79. The van der Waals surface area contributed by atoms with Gasteiger partial charge in [0.25, 0.3) is 0 Å². The number of rotatable bonds is 4. The molecular weight excluding hydrogens is 381 g/mol. The quantitative estimate of drug-likeness (QED) is 0.778. The minimum atomic E-state index is -0.159. The number of nitrogens with one attached hydrogen (secondary N) is 1. The molecular formula is C13H12Br2FNS. The maximum atomic E-state index is 13.7. The Hall–Kier alpha value is -0.230. The van der Waals surface area contributed by atoms with Crippen LogP contribution in [0.3, 0.4) is 0 Å². The third-order valence-electron chi connectivity index (χ3n) is 2.77. The molecule has 1 nitrogen and oxygen atoms in total. The molecule has 2 aromatic rings. The minimum absolute atomic E-state index is 0.122. The lowest BCUT2D eigenvalue weighted by Crippen LogP contribution is -2.18.